The summed E-state index contributed by atoms with van der Waals surface area (Å²) in [5.74, 6) is 1.05. The quantitative estimate of drug-likeness (QED) is 0.557. The number of carbonyl (C=O) groups excluding carboxylic acids is 2. The van der Waals surface area contributed by atoms with Crippen molar-refractivity contribution in [3.05, 3.63) is 29.8 Å². The van der Waals surface area contributed by atoms with Crippen LogP contribution in [0.25, 0.3) is 0 Å². The molecule has 0 spiro atoms. The number of nitrogens with zero attached hydrogens (tertiary/aromatic N) is 1. The van der Waals surface area contributed by atoms with E-state index in [2.05, 4.69) is 12.2 Å². The van der Waals surface area contributed by atoms with Gasteiger partial charge in [-0.15, -0.1) is 11.8 Å². The topological polar surface area (TPSA) is 58.6 Å². The van der Waals surface area contributed by atoms with Crippen molar-refractivity contribution in [2.24, 2.45) is 5.92 Å². The van der Waals surface area contributed by atoms with Gasteiger partial charge >= 0.3 is 0 Å². The third-order valence-electron chi connectivity index (χ3n) is 4.96. The maximum atomic E-state index is 13.0. The number of nitrogens with one attached hydrogen (secondary N) is 1. The molecule has 0 unspecified atom stereocenters. The molecule has 2 rings (SSSR count). The van der Waals surface area contributed by atoms with Gasteiger partial charge < -0.3 is 15.0 Å². The highest BCUT2D eigenvalue weighted by Gasteiger charge is 2.26. The van der Waals surface area contributed by atoms with Crippen LogP contribution in [0.5, 0.6) is 0 Å². The summed E-state index contributed by atoms with van der Waals surface area (Å²) < 4.78 is 4.92. The highest BCUT2D eigenvalue weighted by molar-refractivity contribution is 8.00. The standard InChI is InChI=1S/C20H30N2O3S/c1-15-8-10-16(11-9-15)22(2)20(24)17-6-4-5-7-18(17)26-14-19(23)21-12-13-25-3/h4-7,15-16H,8-14H2,1-3H3,(H,21,23). The number of hydrogen-bond acceptors (Lipinski definition) is 4. The molecule has 1 N–H and O–H groups in total. The lowest BCUT2D eigenvalue weighted by molar-refractivity contribution is -0.118. The van der Waals surface area contributed by atoms with Crippen molar-refractivity contribution >= 4 is 23.6 Å². The van der Waals surface area contributed by atoms with Gasteiger partial charge in [0.2, 0.25) is 5.91 Å². The average molecular weight is 379 g/mol. The average Bonchev–Trinajstić information content (AvgIpc) is 2.66. The fraction of sp³-hybridized carbons (Fsp3) is 0.600. The Kier molecular flexibility index (Phi) is 8.45. The Morgan fingerprint density at radius 2 is 1.92 bits per heavy atom. The van der Waals surface area contributed by atoms with Crippen LogP contribution < -0.4 is 5.32 Å². The van der Waals surface area contributed by atoms with Crippen LogP contribution in [0.15, 0.2) is 29.2 Å². The predicted molar refractivity (Wildman–Crippen MR) is 106 cm³/mol. The van der Waals surface area contributed by atoms with Crippen LogP contribution in [0.2, 0.25) is 0 Å². The van der Waals surface area contributed by atoms with Crippen LogP contribution >= 0.6 is 11.8 Å². The van der Waals surface area contributed by atoms with Gasteiger partial charge in [-0.1, -0.05) is 19.1 Å². The summed E-state index contributed by atoms with van der Waals surface area (Å²) in [6, 6.07) is 7.87. The van der Waals surface area contributed by atoms with E-state index < -0.39 is 0 Å². The van der Waals surface area contributed by atoms with E-state index in [4.69, 9.17) is 4.74 Å². The fourth-order valence-corrected chi connectivity index (χ4v) is 4.12. The molecule has 0 aromatic heterocycles. The van der Waals surface area contributed by atoms with Gasteiger partial charge in [0.05, 0.1) is 17.9 Å². The number of ether oxygens (including phenoxy) is 1. The molecule has 1 aromatic carbocycles. The molecule has 0 atom stereocenters. The molecule has 0 aliphatic heterocycles. The molecular formula is C20H30N2O3S. The monoisotopic (exact) mass is 378 g/mol. The minimum Gasteiger partial charge on any atom is -0.383 e. The summed E-state index contributed by atoms with van der Waals surface area (Å²) in [6.07, 6.45) is 4.50. The lowest BCUT2D eigenvalue weighted by Crippen LogP contribution is -2.39. The zero-order valence-corrected chi connectivity index (χ0v) is 16.8. The van der Waals surface area contributed by atoms with Crippen LogP contribution in [0.4, 0.5) is 0 Å². The molecule has 2 amide bonds. The van der Waals surface area contributed by atoms with Crippen molar-refractivity contribution in [1.82, 2.24) is 10.2 Å². The SMILES string of the molecule is COCCNC(=O)CSc1ccccc1C(=O)N(C)C1CCC(C)CC1. The first-order valence-electron chi connectivity index (χ1n) is 9.27. The van der Waals surface area contributed by atoms with E-state index in [1.165, 1.54) is 24.6 Å². The summed E-state index contributed by atoms with van der Waals surface area (Å²) in [5.41, 5.74) is 0.684. The number of benzene rings is 1. The minimum absolute atomic E-state index is 0.0486. The molecule has 5 nitrogen and oxygen atoms in total. The van der Waals surface area contributed by atoms with E-state index >= 15 is 0 Å². The van der Waals surface area contributed by atoms with Crippen molar-refractivity contribution < 1.29 is 14.3 Å². The van der Waals surface area contributed by atoms with Gasteiger partial charge in [0.1, 0.15) is 0 Å². The van der Waals surface area contributed by atoms with Crippen LogP contribution in [0.1, 0.15) is 43.0 Å². The first kappa shape index (κ1) is 20.8. The summed E-state index contributed by atoms with van der Waals surface area (Å²) in [5, 5.41) is 2.80. The molecule has 1 aliphatic carbocycles. The van der Waals surface area contributed by atoms with Crippen molar-refractivity contribution in [3.63, 3.8) is 0 Å². The number of thioether (sulfide) groups is 1. The molecule has 1 aliphatic rings. The third kappa shape index (κ3) is 6.02. The van der Waals surface area contributed by atoms with E-state index in [0.717, 1.165) is 23.7 Å². The highest BCUT2D eigenvalue weighted by Crippen LogP contribution is 2.29. The van der Waals surface area contributed by atoms with Gasteiger partial charge in [0.15, 0.2) is 0 Å². The number of amides is 2. The Morgan fingerprint density at radius 3 is 2.62 bits per heavy atom. The highest BCUT2D eigenvalue weighted by atomic mass is 32.2. The Hall–Kier alpha value is -1.53. The summed E-state index contributed by atoms with van der Waals surface area (Å²) in [4.78, 5) is 27.6. The molecule has 0 radical (unpaired) electrons. The van der Waals surface area contributed by atoms with Crippen molar-refractivity contribution in [3.8, 4) is 0 Å². The van der Waals surface area contributed by atoms with Crippen molar-refractivity contribution in [1.29, 1.82) is 0 Å². The Morgan fingerprint density at radius 1 is 1.23 bits per heavy atom. The normalized spacial score (nSPS) is 19.8. The lowest BCUT2D eigenvalue weighted by atomic mass is 9.86. The van der Waals surface area contributed by atoms with Crippen molar-refractivity contribution in [2.45, 2.75) is 43.5 Å². The molecular weight excluding hydrogens is 348 g/mol. The van der Waals surface area contributed by atoms with E-state index in [-0.39, 0.29) is 11.8 Å². The van der Waals surface area contributed by atoms with Crippen molar-refractivity contribution in [2.75, 3.05) is 33.1 Å². The smallest absolute Gasteiger partial charge is 0.254 e. The fourth-order valence-electron chi connectivity index (χ4n) is 3.24. The maximum absolute atomic E-state index is 13.0. The van der Waals surface area contributed by atoms with Crippen LogP contribution in [-0.4, -0.2) is 55.8 Å². The second-order valence-corrected chi connectivity index (χ2v) is 7.97. The predicted octanol–water partition coefficient (Wildman–Crippen LogP) is 3.19. The molecule has 0 saturated heterocycles. The largest absolute Gasteiger partial charge is 0.383 e. The van der Waals surface area contributed by atoms with Gasteiger partial charge in [-0.3, -0.25) is 9.59 Å². The van der Waals surface area contributed by atoms with E-state index in [1.807, 2.05) is 36.2 Å². The lowest BCUT2D eigenvalue weighted by Gasteiger charge is -2.34. The van der Waals surface area contributed by atoms with Gasteiger partial charge in [-0.05, 0) is 43.7 Å². The summed E-state index contributed by atoms with van der Waals surface area (Å²) in [6.45, 7) is 3.28. The van der Waals surface area contributed by atoms with E-state index in [0.29, 0.717) is 30.5 Å². The Balaban J connectivity index is 1.96. The van der Waals surface area contributed by atoms with Gasteiger partial charge in [0, 0.05) is 31.6 Å². The molecule has 0 bridgehead atoms. The maximum Gasteiger partial charge on any atom is 0.254 e. The number of rotatable bonds is 8. The zero-order chi connectivity index (χ0) is 18.9. The summed E-state index contributed by atoms with van der Waals surface area (Å²) in [7, 11) is 3.51. The van der Waals surface area contributed by atoms with Gasteiger partial charge in [-0.25, -0.2) is 0 Å². The molecule has 6 heteroatoms. The van der Waals surface area contributed by atoms with Crippen LogP contribution in [-0.2, 0) is 9.53 Å². The third-order valence-corrected chi connectivity index (χ3v) is 6.03. The van der Waals surface area contributed by atoms with E-state index in [9.17, 15) is 9.59 Å². The number of methoxy groups -OCH3 is 1. The number of hydrogen-bond donors (Lipinski definition) is 1. The van der Waals surface area contributed by atoms with Crippen LogP contribution in [0.3, 0.4) is 0 Å². The molecule has 1 fully saturated rings. The summed E-state index contributed by atoms with van der Waals surface area (Å²) >= 11 is 1.41. The first-order chi connectivity index (χ1) is 12.5. The second kappa shape index (κ2) is 10.6. The molecule has 26 heavy (non-hydrogen) atoms. The molecule has 1 saturated carbocycles. The molecule has 144 valence electrons. The number of carbonyl (C=O) groups is 2. The second-order valence-electron chi connectivity index (χ2n) is 6.96. The zero-order valence-electron chi connectivity index (χ0n) is 16.0. The van der Waals surface area contributed by atoms with Gasteiger partial charge in [0.25, 0.3) is 5.91 Å². The Labute approximate surface area is 160 Å². The first-order valence-corrected chi connectivity index (χ1v) is 10.3. The van der Waals surface area contributed by atoms with Crippen LogP contribution in [0, 0.1) is 5.92 Å². The minimum atomic E-state index is -0.0519. The Bertz CT molecular complexity index is 600. The molecule has 1 aromatic rings. The van der Waals surface area contributed by atoms with Gasteiger partial charge in [-0.2, -0.15) is 0 Å². The van der Waals surface area contributed by atoms with E-state index in [1.54, 1.807) is 7.11 Å². The molecule has 0 heterocycles.